The van der Waals surface area contributed by atoms with E-state index in [1.165, 1.54) is 6.08 Å². The third-order valence-electron chi connectivity index (χ3n) is 2.49. The molecular formula is C16H19NO4. The van der Waals surface area contributed by atoms with Crippen LogP contribution < -0.4 is 9.47 Å². The maximum atomic E-state index is 11.6. The molecule has 1 rings (SSSR count). The summed E-state index contributed by atoms with van der Waals surface area (Å²) in [7, 11) is 0. The van der Waals surface area contributed by atoms with E-state index in [1.54, 1.807) is 25.1 Å². The predicted octanol–water partition coefficient (Wildman–Crippen LogP) is 2.95. The van der Waals surface area contributed by atoms with Gasteiger partial charge in [0.1, 0.15) is 11.6 Å². The van der Waals surface area contributed by atoms with Crippen LogP contribution in [0, 0.1) is 11.3 Å². The molecule has 0 heterocycles. The molecule has 0 radical (unpaired) electrons. The van der Waals surface area contributed by atoms with Crippen molar-refractivity contribution in [3.63, 3.8) is 0 Å². The highest BCUT2D eigenvalue weighted by Crippen LogP contribution is 2.29. The molecule has 0 atom stereocenters. The number of hydrogen-bond acceptors (Lipinski definition) is 5. The molecule has 0 fully saturated rings. The first-order valence-corrected chi connectivity index (χ1v) is 6.84. The average molecular weight is 289 g/mol. The smallest absolute Gasteiger partial charge is 0.348 e. The van der Waals surface area contributed by atoms with Crippen molar-refractivity contribution in [2.75, 3.05) is 19.8 Å². The van der Waals surface area contributed by atoms with Crippen LogP contribution in [0.2, 0.25) is 0 Å². The van der Waals surface area contributed by atoms with Gasteiger partial charge in [0.2, 0.25) is 0 Å². The van der Waals surface area contributed by atoms with Crippen molar-refractivity contribution in [2.45, 2.75) is 20.8 Å². The third-order valence-corrected chi connectivity index (χ3v) is 2.49. The van der Waals surface area contributed by atoms with Gasteiger partial charge in [0.05, 0.1) is 19.8 Å². The monoisotopic (exact) mass is 289 g/mol. The topological polar surface area (TPSA) is 68.6 Å². The maximum absolute atomic E-state index is 11.6. The second kappa shape index (κ2) is 8.64. The Kier molecular flexibility index (Phi) is 6.82. The normalized spacial score (nSPS) is 10.7. The van der Waals surface area contributed by atoms with E-state index in [2.05, 4.69) is 0 Å². The summed E-state index contributed by atoms with van der Waals surface area (Å²) in [5.74, 6) is 0.576. The summed E-state index contributed by atoms with van der Waals surface area (Å²) in [4.78, 5) is 11.6. The zero-order chi connectivity index (χ0) is 15.7. The van der Waals surface area contributed by atoms with Gasteiger partial charge in [-0.2, -0.15) is 5.26 Å². The summed E-state index contributed by atoms with van der Waals surface area (Å²) in [5.41, 5.74) is 0.620. The number of rotatable bonds is 7. The van der Waals surface area contributed by atoms with E-state index >= 15 is 0 Å². The Morgan fingerprint density at radius 2 is 1.81 bits per heavy atom. The molecule has 5 heteroatoms. The van der Waals surface area contributed by atoms with Crippen LogP contribution in [0.3, 0.4) is 0 Å². The van der Waals surface area contributed by atoms with Crippen LogP contribution >= 0.6 is 0 Å². The number of nitriles is 1. The molecule has 5 nitrogen and oxygen atoms in total. The molecule has 0 aliphatic rings. The maximum Gasteiger partial charge on any atom is 0.348 e. The number of hydrogen-bond donors (Lipinski definition) is 0. The lowest BCUT2D eigenvalue weighted by Crippen LogP contribution is -2.06. The molecule has 112 valence electrons. The molecule has 0 saturated heterocycles. The first kappa shape index (κ1) is 16.6. The Morgan fingerprint density at radius 3 is 2.38 bits per heavy atom. The molecule has 21 heavy (non-hydrogen) atoms. The predicted molar refractivity (Wildman–Crippen MR) is 79.0 cm³/mol. The standard InChI is InChI=1S/C16H19NO4/c1-4-19-14-8-7-12(10-15(14)20-5-2)9-13(11-17)16(18)21-6-3/h7-10H,4-6H2,1-3H3. The largest absolute Gasteiger partial charge is 0.490 e. The third kappa shape index (κ3) is 4.84. The second-order valence-electron chi connectivity index (χ2n) is 3.96. The van der Waals surface area contributed by atoms with Crippen molar-refractivity contribution in [1.82, 2.24) is 0 Å². The van der Waals surface area contributed by atoms with Gasteiger partial charge in [0.25, 0.3) is 0 Å². The number of carbonyl (C=O) groups excluding carboxylic acids is 1. The fourth-order valence-corrected chi connectivity index (χ4v) is 1.67. The van der Waals surface area contributed by atoms with Gasteiger partial charge in [-0.15, -0.1) is 0 Å². The number of benzene rings is 1. The van der Waals surface area contributed by atoms with Gasteiger partial charge < -0.3 is 14.2 Å². The van der Waals surface area contributed by atoms with Crippen molar-refractivity contribution in [3.8, 4) is 17.6 Å². The van der Waals surface area contributed by atoms with Crippen LogP contribution in [0.1, 0.15) is 26.3 Å². The van der Waals surface area contributed by atoms with Crippen molar-refractivity contribution in [3.05, 3.63) is 29.3 Å². The quantitative estimate of drug-likeness (QED) is 0.438. The van der Waals surface area contributed by atoms with Crippen LogP contribution in [-0.4, -0.2) is 25.8 Å². The average Bonchev–Trinajstić information content (AvgIpc) is 2.48. The first-order valence-electron chi connectivity index (χ1n) is 6.84. The summed E-state index contributed by atoms with van der Waals surface area (Å²) in [6.45, 7) is 6.70. The Labute approximate surface area is 124 Å². The molecule has 0 bridgehead atoms. The van der Waals surface area contributed by atoms with Crippen molar-refractivity contribution < 1.29 is 19.0 Å². The van der Waals surface area contributed by atoms with E-state index in [0.29, 0.717) is 30.3 Å². The molecule has 0 spiro atoms. The van der Waals surface area contributed by atoms with E-state index in [9.17, 15) is 4.79 Å². The van der Waals surface area contributed by atoms with Crippen molar-refractivity contribution in [1.29, 1.82) is 5.26 Å². The van der Waals surface area contributed by atoms with E-state index in [4.69, 9.17) is 19.5 Å². The van der Waals surface area contributed by atoms with Crippen LogP contribution in [0.15, 0.2) is 23.8 Å². The summed E-state index contributed by atoms with van der Waals surface area (Å²) in [6.07, 6.45) is 1.47. The molecule has 0 saturated carbocycles. The summed E-state index contributed by atoms with van der Waals surface area (Å²) >= 11 is 0. The minimum atomic E-state index is -0.633. The van der Waals surface area contributed by atoms with E-state index < -0.39 is 5.97 Å². The lowest BCUT2D eigenvalue weighted by Gasteiger charge is -2.11. The van der Waals surface area contributed by atoms with Crippen molar-refractivity contribution >= 4 is 12.0 Å². The lowest BCUT2D eigenvalue weighted by atomic mass is 10.1. The fourth-order valence-electron chi connectivity index (χ4n) is 1.67. The molecule has 1 aromatic rings. The van der Waals surface area contributed by atoms with E-state index in [1.807, 2.05) is 19.9 Å². The Hall–Kier alpha value is -2.48. The van der Waals surface area contributed by atoms with Gasteiger partial charge >= 0.3 is 5.97 Å². The highest BCUT2D eigenvalue weighted by molar-refractivity contribution is 5.97. The molecule has 0 aliphatic heterocycles. The van der Waals surface area contributed by atoms with E-state index in [0.717, 1.165) is 0 Å². The highest BCUT2D eigenvalue weighted by atomic mass is 16.5. The molecule has 1 aromatic carbocycles. The van der Waals surface area contributed by atoms with Gasteiger partial charge in [-0.3, -0.25) is 0 Å². The molecular weight excluding hydrogens is 270 g/mol. The molecule has 0 aromatic heterocycles. The first-order chi connectivity index (χ1) is 10.2. The van der Waals surface area contributed by atoms with Gasteiger partial charge in [-0.25, -0.2) is 4.79 Å². The second-order valence-corrected chi connectivity index (χ2v) is 3.96. The van der Waals surface area contributed by atoms with Crippen LogP contribution in [0.25, 0.3) is 6.08 Å². The molecule has 0 amide bonds. The summed E-state index contributed by atoms with van der Waals surface area (Å²) in [5, 5.41) is 9.02. The number of ether oxygens (including phenoxy) is 3. The Bertz CT molecular complexity index is 558. The van der Waals surface area contributed by atoms with Crippen LogP contribution in [-0.2, 0) is 9.53 Å². The zero-order valence-corrected chi connectivity index (χ0v) is 12.5. The Morgan fingerprint density at radius 1 is 1.14 bits per heavy atom. The minimum absolute atomic E-state index is 0.0524. The lowest BCUT2D eigenvalue weighted by molar-refractivity contribution is -0.137. The van der Waals surface area contributed by atoms with Crippen LogP contribution in [0.5, 0.6) is 11.5 Å². The van der Waals surface area contributed by atoms with Gasteiger partial charge in [0, 0.05) is 0 Å². The van der Waals surface area contributed by atoms with Gasteiger partial charge in [-0.05, 0) is 44.5 Å². The zero-order valence-electron chi connectivity index (χ0n) is 12.5. The molecule has 0 unspecified atom stereocenters. The molecule has 0 N–H and O–H groups in total. The fraction of sp³-hybridized carbons (Fsp3) is 0.375. The van der Waals surface area contributed by atoms with Gasteiger partial charge in [-0.1, -0.05) is 6.07 Å². The number of nitrogens with zero attached hydrogens (tertiary/aromatic N) is 1. The highest BCUT2D eigenvalue weighted by Gasteiger charge is 2.11. The Balaban J connectivity index is 3.10. The van der Waals surface area contributed by atoms with Crippen molar-refractivity contribution in [2.24, 2.45) is 0 Å². The number of esters is 1. The number of carbonyl (C=O) groups is 1. The minimum Gasteiger partial charge on any atom is -0.490 e. The van der Waals surface area contributed by atoms with E-state index in [-0.39, 0.29) is 12.2 Å². The summed E-state index contributed by atoms with van der Waals surface area (Å²) < 4.78 is 15.8. The van der Waals surface area contributed by atoms with Crippen LogP contribution in [0.4, 0.5) is 0 Å². The molecule has 0 aliphatic carbocycles. The SMILES string of the molecule is CCOC(=O)C(C#N)=Cc1ccc(OCC)c(OCC)c1. The van der Waals surface area contributed by atoms with Gasteiger partial charge in [0.15, 0.2) is 11.5 Å². The summed E-state index contributed by atoms with van der Waals surface area (Å²) in [6, 6.07) is 7.07.